The van der Waals surface area contributed by atoms with E-state index in [1.165, 1.54) is 29.8 Å². The molecule has 0 aromatic heterocycles. The Morgan fingerprint density at radius 2 is 1.70 bits per heavy atom. The summed E-state index contributed by atoms with van der Waals surface area (Å²) < 4.78 is 26.8. The Morgan fingerprint density at radius 3 is 2.48 bits per heavy atom. The third kappa shape index (κ3) is 3.53. The van der Waals surface area contributed by atoms with E-state index in [1.807, 2.05) is 24.3 Å². The lowest BCUT2D eigenvalue weighted by atomic mass is 9.88. The second-order valence-electron chi connectivity index (χ2n) is 6.54. The van der Waals surface area contributed by atoms with Crippen molar-refractivity contribution < 1.29 is 13.6 Å². The van der Waals surface area contributed by atoms with Crippen molar-refractivity contribution in [3.63, 3.8) is 0 Å². The third-order valence-corrected chi connectivity index (χ3v) is 4.81. The molecule has 0 saturated heterocycles. The summed E-state index contributed by atoms with van der Waals surface area (Å²) in [5.41, 5.74) is 3.42. The highest BCUT2D eigenvalue weighted by Crippen LogP contribution is 2.35. The molecule has 1 atom stereocenters. The Balaban J connectivity index is 1.70. The standard InChI is InChI=1S/C22H18F2N2O/c23-17-10-8-16(9-11-17)21-20-7-2-1-4-15(20)12-13-26(21)22(27)25-19-6-3-5-18(24)14-19/h1-11,14,21H,12-13H2,(H,25,27)/t21-/m0/s1. The number of hydrogen-bond donors (Lipinski definition) is 1. The number of rotatable bonds is 2. The van der Waals surface area contributed by atoms with Crippen LogP contribution >= 0.6 is 0 Å². The maximum atomic E-state index is 13.4. The van der Waals surface area contributed by atoms with Crippen molar-refractivity contribution in [2.45, 2.75) is 12.5 Å². The second kappa shape index (κ2) is 7.19. The number of urea groups is 1. The Bertz CT molecular complexity index is 972. The van der Waals surface area contributed by atoms with E-state index in [2.05, 4.69) is 5.32 Å². The zero-order chi connectivity index (χ0) is 18.8. The number of fused-ring (bicyclic) bond motifs is 1. The molecule has 1 N–H and O–H groups in total. The van der Waals surface area contributed by atoms with Gasteiger partial charge in [-0.2, -0.15) is 0 Å². The molecule has 3 aromatic carbocycles. The van der Waals surface area contributed by atoms with Gasteiger partial charge in [0, 0.05) is 12.2 Å². The van der Waals surface area contributed by atoms with Crippen molar-refractivity contribution in [2.24, 2.45) is 0 Å². The molecule has 1 heterocycles. The summed E-state index contributed by atoms with van der Waals surface area (Å²) in [6, 6.07) is 19.3. The van der Waals surface area contributed by atoms with Crippen molar-refractivity contribution in [1.82, 2.24) is 4.90 Å². The Labute approximate surface area is 156 Å². The van der Waals surface area contributed by atoms with Crippen LogP contribution in [0.3, 0.4) is 0 Å². The summed E-state index contributed by atoms with van der Waals surface area (Å²) in [6.07, 6.45) is 0.727. The lowest BCUT2D eigenvalue weighted by molar-refractivity contribution is 0.194. The van der Waals surface area contributed by atoms with Gasteiger partial charge in [0.2, 0.25) is 0 Å². The highest BCUT2D eigenvalue weighted by molar-refractivity contribution is 5.90. The van der Waals surface area contributed by atoms with Gasteiger partial charge in [-0.15, -0.1) is 0 Å². The van der Waals surface area contributed by atoms with Crippen LogP contribution in [-0.4, -0.2) is 17.5 Å². The molecule has 4 rings (SSSR count). The molecule has 27 heavy (non-hydrogen) atoms. The smallest absolute Gasteiger partial charge is 0.313 e. The van der Waals surface area contributed by atoms with Crippen LogP contribution in [0.4, 0.5) is 19.3 Å². The number of nitrogens with one attached hydrogen (secondary N) is 1. The third-order valence-electron chi connectivity index (χ3n) is 4.81. The van der Waals surface area contributed by atoms with E-state index < -0.39 is 5.82 Å². The van der Waals surface area contributed by atoms with Crippen molar-refractivity contribution >= 4 is 11.7 Å². The highest BCUT2D eigenvalue weighted by Gasteiger charge is 2.32. The van der Waals surface area contributed by atoms with Crippen molar-refractivity contribution in [1.29, 1.82) is 0 Å². The van der Waals surface area contributed by atoms with Gasteiger partial charge < -0.3 is 10.2 Å². The zero-order valence-corrected chi connectivity index (χ0v) is 14.5. The van der Waals surface area contributed by atoms with Gasteiger partial charge in [0.1, 0.15) is 11.6 Å². The molecular formula is C22H18F2N2O. The molecule has 0 radical (unpaired) electrons. The number of anilines is 1. The first-order valence-electron chi connectivity index (χ1n) is 8.78. The molecule has 0 spiro atoms. The van der Waals surface area contributed by atoms with Gasteiger partial charge in [-0.25, -0.2) is 13.6 Å². The molecule has 0 aliphatic carbocycles. The van der Waals surface area contributed by atoms with E-state index in [4.69, 9.17) is 0 Å². The maximum Gasteiger partial charge on any atom is 0.322 e. The lowest BCUT2D eigenvalue weighted by Gasteiger charge is -2.37. The second-order valence-corrected chi connectivity index (χ2v) is 6.54. The van der Waals surface area contributed by atoms with Crippen LogP contribution in [0.5, 0.6) is 0 Å². The number of carbonyl (C=O) groups is 1. The molecule has 5 heteroatoms. The van der Waals surface area contributed by atoms with Gasteiger partial charge in [0.15, 0.2) is 0 Å². The van der Waals surface area contributed by atoms with Gasteiger partial charge in [-0.05, 0) is 53.4 Å². The summed E-state index contributed by atoms with van der Waals surface area (Å²) in [7, 11) is 0. The molecule has 0 bridgehead atoms. The van der Waals surface area contributed by atoms with Crippen LogP contribution in [0.1, 0.15) is 22.7 Å². The minimum absolute atomic E-state index is 0.315. The number of carbonyl (C=O) groups excluding carboxylic acids is 1. The topological polar surface area (TPSA) is 32.3 Å². The van der Waals surface area contributed by atoms with Crippen LogP contribution < -0.4 is 5.32 Å². The fourth-order valence-electron chi connectivity index (χ4n) is 3.55. The van der Waals surface area contributed by atoms with Crippen molar-refractivity contribution in [2.75, 3.05) is 11.9 Å². The van der Waals surface area contributed by atoms with Crippen molar-refractivity contribution in [3.8, 4) is 0 Å². The van der Waals surface area contributed by atoms with Gasteiger partial charge >= 0.3 is 6.03 Å². The van der Waals surface area contributed by atoms with Crippen LogP contribution in [0.2, 0.25) is 0 Å². The molecule has 2 amide bonds. The van der Waals surface area contributed by atoms with E-state index in [1.54, 1.807) is 29.2 Å². The quantitative estimate of drug-likeness (QED) is 0.671. The summed E-state index contributed by atoms with van der Waals surface area (Å²) in [5.74, 6) is -0.731. The molecule has 0 fully saturated rings. The molecule has 0 saturated carbocycles. The largest absolute Gasteiger partial charge is 0.322 e. The minimum Gasteiger partial charge on any atom is -0.313 e. The van der Waals surface area contributed by atoms with E-state index >= 15 is 0 Å². The predicted octanol–water partition coefficient (Wildman–Crippen LogP) is 5.14. The van der Waals surface area contributed by atoms with Gasteiger partial charge in [-0.1, -0.05) is 42.5 Å². The molecular weight excluding hydrogens is 346 g/mol. The summed E-state index contributed by atoms with van der Waals surface area (Å²) in [4.78, 5) is 14.7. The fourth-order valence-corrected chi connectivity index (χ4v) is 3.55. The summed E-state index contributed by atoms with van der Waals surface area (Å²) >= 11 is 0. The van der Waals surface area contributed by atoms with Gasteiger partial charge in [-0.3, -0.25) is 0 Å². The fraction of sp³-hybridized carbons (Fsp3) is 0.136. The van der Waals surface area contributed by atoms with Crippen molar-refractivity contribution in [3.05, 3.63) is 101 Å². The van der Waals surface area contributed by atoms with E-state index in [0.29, 0.717) is 12.2 Å². The Morgan fingerprint density at radius 1 is 0.926 bits per heavy atom. The average Bonchev–Trinajstić information content (AvgIpc) is 2.68. The normalized spacial score (nSPS) is 15.9. The molecule has 3 nitrogen and oxygen atoms in total. The first-order chi connectivity index (χ1) is 13.1. The molecule has 1 aliphatic heterocycles. The van der Waals surface area contributed by atoms with Crippen LogP contribution in [-0.2, 0) is 6.42 Å². The number of hydrogen-bond acceptors (Lipinski definition) is 1. The van der Waals surface area contributed by atoms with E-state index in [0.717, 1.165) is 17.5 Å². The van der Waals surface area contributed by atoms with Gasteiger partial charge in [0.05, 0.1) is 6.04 Å². The predicted molar refractivity (Wildman–Crippen MR) is 101 cm³/mol. The Hall–Kier alpha value is -3.21. The SMILES string of the molecule is O=C(Nc1cccc(F)c1)N1CCc2ccccc2[C@@H]1c1ccc(F)cc1. The monoisotopic (exact) mass is 364 g/mol. The van der Waals surface area contributed by atoms with Crippen LogP contribution in [0.25, 0.3) is 0 Å². The van der Waals surface area contributed by atoms with Crippen LogP contribution in [0, 0.1) is 11.6 Å². The van der Waals surface area contributed by atoms with Crippen LogP contribution in [0.15, 0.2) is 72.8 Å². The molecule has 136 valence electrons. The van der Waals surface area contributed by atoms with E-state index in [9.17, 15) is 13.6 Å². The number of amides is 2. The zero-order valence-electron chi connectivity index (χ0n) is 14.5. The number of nitrogens with zero attached hydrogens (tertiary/aromatic N) is 1. The Kier molecular flexibility index (Phi) is 4.59. The average molecular weight is 364 g/mol. The highest BCUT2D eigenvalue weighted by atomic mass is 19.1. The maximum absolute atomic E-state index is 13.4. The number of halogens is 2. The minimum atomic E-state index is -0.410. The van der Waals surface area contributed by atoms with E-state index in [-0.39, 0.29) is 17.9 Å². The van der Waals surface area contributed by atoms with Gasteiger partial charge in [0.25, 0.3) is 0 Å². The first kappa shape index (κ1) is 17.2. The lowest BCUT2D eigenvalue weighted by Crippen LogP contribution is -2.43. The molecule has 3 aromatic rings. The summed E-state index contributed by atoms with van der Waals surface area (Å²) in [5, 5.41) is 2.77. The first-order valence-corrected chi connectivity index (χ1v) is 8.78. The number of benzene rings is 3. The molecule has 0 unspecified atom stereocenters. The summed E-state index contributed by atoms with van der Waals surface area (Å²) in [6.45, 7) is 0.514. The molecule has 1 aliphatic rings.